The fraction of sp³-hybridized carbons (Fsp3) is 0.538. The summed E-state index contributed by atoms with van der Waals surface area (Å²) in [7, 11) is -6.79. The van der Waals surface area contributed by atoms with Gasteiger partial charge in [-0.05, 0) is 111 Å². The van der Waals surface area contributed by atoms with Crippen LogP contribution in [0.25, 0.3) is 0 Å². The highest BCUT2D eigenvalue weighted by atomic mass is 32.2. The highest BCUT2D eigenvalue weighted by molar-refractivity contribution is 7.89. The molecule has 4 fully saturated rings. The summed E-state index contributed by atoms with van der Waals surface area (Å²) < 4.78 is 78.7. The molecule has 0 radical (unpaired) electrons. The van der Waals surface area contributed by atoms with Crippen LogP contribution >= 0.6 is 0 Å². The van der Waals surface area contributed by atoms with Gasteiger partial charge in [0, 0.05) is 19.6 Å². The molecular weight excluding hydrogens is 961 g/mol. The van der Waals surface area contributed by atoms with Gasteiger partial charge >= 0.3 is 0 Å². The zero-order chi connectivity index (χ0) is 50.1. The lowest BCUT2D eigenvalue weighted by Gasteiger charge is -2.34. The van der Waals surface area contributed by atoms with Crippen LogP contribution in [0.2, 0.25) is 0 Å². The largest absolute Gasteiger partial charge is 0.484 e. The number of hydrogen-bond donors (Lipinski definition) is 1. The molecule has 386 valence electrons. The molecule has 5 aromatic rings. The first-order valence-corrected chi connectivity index (χ1v) is 28.9. The molecule has 18 nitrogen and oxygen atoms in total. The van der Waals surface area contributed by atoms with Crippen molar-refractivity contribution in [2.75, 3.05) is 24.6 Å². The number of carbonyl (C=O) groups is 2. The maximum atomic E-state index is 13.4. The minimum Gasteiger partial charge on any atom is -0.484 e. The molecule has 10 rings (SSSR count). The molecule has 2 atom stereocenters. The van der Waals surface area contributed by atoms with Crippen LogP contribution in [0, 0.1) is 11.8 Å². The van der Waals surface area contributed by atoms with Crippen molar-refractivity contribution >= 4 is 31.9 Å². The van der Waals surface area contributed by atoms with Gasteiger partial charge in [-0.3, -0.25) is 14.5 Å². The number of benzene rings is 3. The van der Waals surface area contributed by atoms with Crippen molar-refractivity contribution in [1.29, 1.82) is 0 Å². The number of aromatic nitrogens is 4. The number of nitrogens with two attached hydrogens (primary N) is 1. The Bertz CT molecular complexity index is 2790. The van der Waals surface area contributed by atoms with Gasteiger partial charge in [0.25, 0.3) is 23.6 Å². The van der Waals surface area contributed by atoms with Crippen LogP contribution in [0.15, 0.2) is 81.8 Å². The van der Waals surface area contributed by atoms with Crippen LogP contribution < -0.4 is 15.2 Å². The predicted molar refractivity (Wildman–Crippen MR) is 266 cm³/mol. The first kappa shape index (κ1) is 51.4. The molecule has 2 N–H and O–H groups in total. The number of ether oxygens (including phenoxy) is 2. The van der Waals surface area contributed by atoms with E-state index in [1.165, 1.54) is 17.7 Å². The second-order valence-electron chi connectivity index (χ2n) is 19.7. The number of sulfonamides is 2. The van der Waals surface area contributed by atoms with Crippen LogP contribution in [0.3, 0.4) is 0 Å². The van der Waals surface area contributed by atoms with Crippen LogP contribution in [-0.2, 0) is 46.3 Å². The molecule has 3 aromatic carbocycles. The molecule has 72 heavy (non-hydrogen) atoms. The standard InChI is InChI=1S/C30H34N4O6S.C22H32N4O4S/c35-29-24-10-4-5-11-25(24)30(36)33(29)18-21-13-15-23(16-14-21)39-19-27-31-28(32-40-27)26-12-6-7-17-34(26)41(37,38)20-22-8-2-1-3-9-22;23-14-17-9-11-19(12-10-17)29-15-21-24-22(25-30-21)20-8-4-5-13-26(20)31(27,28)16-18-6-2-1-3-7-18/h4-5,10-11,13-16,22,26H,1-3,6-9,12,17-20H2;9-12,18,20H,1-8,13-16,23H2/t26-;20-/m00/s1. The maximum Gasteiger partial charge on any atom is 0.264 e. The van der Waals surface area contributed by atoms with E-state index in [1.807, 2.05) is 24.3 Å². The molecule has 2 amide bonds. The third-order valence-corrected chi connectivity index (χ3v) is 18.6. The van der Waals surface area contributed by atoms with E-state index < -0.39 is 26.1 Å². The number of hydrogen-bond acceptors (Lipinski definition) is 15. The Morgan fingerprint density at radius 1 is 0.542 bits per heavy atom. The average molecular weight is 1030 g/mol. The predicted octanol–water partition coefficient (Wildman–Crippen LogP) is 8.43. The Morgan fingerprint density at radius 2 is 0.958 bits per heavy atom. The molecule has 0 bridgehead atoms. The van der Waals surface area contributed by atoms with E-state index in [4.69, 9.17) is 24.3 Å². The summed E-state index contributed by atoms with van der Waals surface area (Å²) in [5.41, 5.74) is 8.28. The van der Waals surface area contributed by atoms with Gasteiger partial charge in [-0.25, -0.2) is 16.8 Å². The fourth-order valence-corrected chi connectivity index (χ4v) is 14.9. The normalized spacial score (nSPS) is 20.8. The Balaban J connectivity index is 0.000000185. The number of carbonyl (C=O) groups excluding carboxylic acids is 2. The summed E-state index contributed by atoms with van der Waals surface area (Å²) in [5, 5.41) is 8.23. The molecule has 5 heterocycles. The highest BCUT2D eigenvalue weighted by Crippen LogP contribution is 2.36. The quantitative estimate of drug-likeness (QED) is 0.0861. The summed E-state index contributed by atoms with van der Waals surface area (Å²) >= 11 is 0. The van der Waals surface area contributed by atoms with E-state index in [-0.39, 0.29) is 66.8 Å². The number of fused-ring (bicyclic) bond motifs is 1. The monoisotopic (exact) mass is 1030 g/mol. The maximum absolute atomic E-state index is 13.4. The summed E-state index contributed by atoms with van der Waals surface area (Å²) in [6, 6.07) is 20.7. The van der Waals surface area contributed by atoms with Crippen LogP contribution in [0.4, 0.5) is 0 Å². The van der Waals surface area contributed by atoms with E-state index in [9.17, 15) is 26.4 Å². The lowest BCUT2D eigenvalue weighted by Crippen LogP contribution is -2.41. The minimum atomic E-state index is -3.43. The van der Waals surface area contributed by atoms with Crippen molar-refractivity contribution in [1.82, 2.24) is 33.8 Å². The van der Waals surface area contributed by atoms with Gasteiger partial charge in [0.2, 0.25) is 20.0 Å². The van der Waals surface area contributed by atoms with Crippen molar-refractivity contribution in [2.24, 2.45) is 17.6 Å². The summed E-state index contributed by atoms with van der Waals surface area (Å²) in [4.78, 5) is 35.5. The molecule has 2 aromatic heterocycles. The van der Waals surface area contributed by atoms with E-state index >= 15 is 0 Å². The number of rotatable bonds is 17. The van der Waals surface area contributed by atoms with Gasteiger partial charge in [-0.1, -0.05) is 98.1 Å². The average Bonchev–Trinajstić information content (AvgIpc) is 4.15. The number of piperidine rings is 2. The summed E-state index contributed by atoms with van der Waals surface area (Å²) in [6.07, 6.45) is 15.8. The van der Waals surface area contributed by atoms with Crippen LogP contribution in [0.1, 0.15) is 170 Å². The van der Waals surface area contributed by atoms with Crippen molar-refractivity contribution < 1.29 is 44.9 Å². The van der Waals surface area contributed by atoms with Gasteiger partial charge in [-0.15, -0.1) is 0 Å². The number of nitrogens with zero attached hydrogens (tertiary/aromatic N) is 7. The Morgan fingerprint density at radius 3 is 1.39 bits per heavy atom. The second kappa shape index (κ2) is 23.6. The van der Waals surface area contributed by atoms with Gasteiger partial charge < -0.3 is 24.3 Å². The van der Waals surface area contributed by atoms with Crippen LogP contribution in [0.5, 0.6) is 11.5 Å². The number of imide groups is 1. The van der Waals surface area contributed by atoms with Crippen molar-refractivity contribution in [3.63, 3.8) is 0 Å². The Kier molecular flexibility index (Phi) is 16.8. The van der Waals surface area contributed by atoms with Gasteiger partial charge in [0.1, 0.15) is 11.5 Å². The first-order valence-electron chi connectivity index (χ1n) is 25.7. The molecule has 20 heteroatoms. The molecule has 2 saturated carbocycles. The van der Waals surface area contributed by atoms with Crippen molar-refractivity contribution in [3.05, 3.63) is 118 Å². The molecule has 2 saturated heterocycles. The summed E-state index contributed by atoms with van der Waals surface area (Å²) in [5.74, 6) is 3.00. The fourth-order valence-electron chi connectivity index (χ4n) is 10.7. The van der Waals surface area contributed by atoms with Crippen LogP contribution in [-0.4, -0.2) is 87.0 Å². The second-order valence-corrected chi connectivity index (χ2v) is 23.6. The zero-order valence-corrected chi connectivity index (χ0v) is 42.4. The lowest BCUT2D eigenvalue weighted by atomic mass is 9.91. The topological polar surface area (TPSA) is 234 Å². The van der Waals surface area contributed by atoms with E-state index in [2.05, 4.69) is 20.3 Å². The molecule has 0 spiro atoms. The van der Waals surface area contributed by atoms with Crippen molar-refractivity contribution in [2.45, 2.75) is 141 Å². The molecule has 5 aliphatic rings. The van der Waals surface area contributed by atoms with Crippen molar-refractivity contribution in [3.8, 4) is 11.5 Å². The van der Waals surface area contributed by atoms with E-state index in [0.29, 0.717) is 72.6 Å². The molecular formula is C52H66N8O10S2. The van der Waals surface area contributed by atoms with E-state index in [0.717, 1.165) is 88.2 Å². The smallest absolute Gasteiger partial charge is 0.264 e. The third kappa shape index (κ3) is 12.6. The summed E-state index contributed by atoms with van der Waals surface area (Å²) in [6.45, 7) is 1.82. The van der Waals surface area contributed by atoms with Gasteiger partial charge in [0.15, 0.2) is 24.9 Å². The molecule has 2 aliphatic carbocycles. The SMILES string of the molecule is NCc1ccc(OCc2nc([C@@H]3CCCCN3S(=O)(=O)CC3CCCCC3)no2)cc1.O=C1c2ccccc2C(=O)N1Cc1ccc(OCc2nc([C@@H]3CCCCN3S(=O)(=O)CC3CCCCC3)no2)cc1. The van der Waals surface area contributed by atoms with Gasteiger partial charge in [-0.2, -0.15) is 18.6 Å². The molecule has 0 unspecified atom stereocenters. The van der Waals surface area contributed by atoms with Gasteiger partial charge in [0.05, 0.1) is 41.3 Å². The first-order chi connectivity index (χ1) is 34.9. The third-order valence-electron chi connectivity index (χ3n) is 14.6. The highest BCUT2D eigenvalue weighted by Gasteiger charge is 2.40. The Labute approximate surface area is 422 Å². The number of amides is 2. The van der Waals surface area contributed by atoms with E-state index in [1.54, 1.807) is 57.1 Å². The Hall–Kier alpha value is -5.54. The lowest BCUT2D eigenvalue weighted by molar-refractivity contribution is 0.0642. The molecule has 3 aliphatic heterocycles. The minimum absolute atomic E-state index is 0.0340. The zero-order valence-electron chi connectivity index (χ0n) is 40.8.